The summed E-state index contributed by atoms with van der Waals surface area (Å²) in [5.41, 5.74) is 7.60. The number of hydrogen-bond donors (Lipinski definition) is 2. The molecular formula is C13H17N3O2S. The number of aromatic nitrogens is 2. The van der Waals surface area contributed by atoms with Crippen LogP contribution in [0.2, 0.25) is 0 Å². The average molecular weight is 279 g/mol. The van der Waals surface area contributed by atoms with Crippen LogP contribution >= 0.6 is 11.8 Å². The number of aliphatic carboxylic acids is 1. The highest BCUT2D eigenvalue weighted by atomic mass is 32.2. The number of nitrogens with two attached hydrogens (primary N) is 1. The van der Waals surface area contributed by atoms with Crippen molar-refractivity contribution in [3.63, 3.8) is 0 Å². The SMILES string of the molecule is Cn1nc(CSCCC(N)C(=O)O)c2ccccc21. The second-order valence-corrected chi connectivity index (χ2v) is 5.48. The third-order valence-corrected chi connectivity index (χ3v) is 3.97. The number of fused-ring (bicyclic) bond motifs is 1. The molecule has 6 heteroatoms. The van der Waals surface area contributed by atoms with E-state index in [-0.39, 0.29) is 0 Å². The van der Waals surface area contributed by atoms with Crippen molar-refractivity contribution in [3.8, 4) is 0 Å². The van der Waals surface area contributed by atoms with Gasteiger partial charge in [0.15, 0.2) is 0 Å². The van der Waals surface area contributed by atoms with Crippen molar-refractivity contribution in [2.45, 2.75) is 18.2 Å². The summed E-state index contributed by atoms with van der Waals surface area (Å²) in [6, 6.07) is 7.32. The monoisotopic (exact) mass is 279 g/mol. The number of hydrogen-bond acceptors (Lipinski definition) is 4. The number of carbonyl (C=O) groups is 1. The molecule has 1 aromatic heterocycles. The number of carboxylic acids is 1. The first-order chi connectivity index (χ1) is 9.09. The highest BCUT2D eigenvalue weighted by Gasteiger charge is 2.11. The molecule has 1 atom stereocenters. The predicted molar refractivity (Wildman–Crippen MR) is 77.1 cm³/mol. The van der Waals surface area contributed by atoms with Gasteiger partial charge in [0.25, 0.3) is 0 Å². The van der Waals surface area contributed by atoms with Crippen LogP contribution in [-0.2, 0) is 17.6 Å². The Labute approximate surface area is 115 Å². The van der Waals surface area contributed by atoms with Gasteiger partial charge in [-0.1, -0.05) is 18.2 Å². The molecule has 1 unspecified atom stereocenters. The second-order valence-electron chi connectivity index (χ2n) is 4.37. The maximum atomic E-state index is 10.6. The van der Waals surface area contributed by atoms with Crippen molar-refractivity contribution in [2.24, 2.45) is 12.8 Å². The van der Waals surface area contributed by atoms with Crippen LogP contribution in [0.4, 0.5) is 0 Å². The van der Waals surface area contributed by atoms with Crippen molar-refractivity contribution in [1.29, 1.82) is 0 Å². The normalized spacial score (nSPS) is 12.7. The molecule has 19 heavy (non-hydrogen) atoms. The fraction of sp³-hybridized carbons (Fsp3) is 0.385. The van der Waals surface area contributed by atoms with Gasteiger partial charge >= 0.3 is 5.97 Å². The zero-order valence-electron chi connectivity index (χ0n) is 10.7. The number of thioether (sulfide) groups is 1. The Bertz CT molecular complexity index is 582. The minimum absolute atomic E-state index is 0.477. The minimum atomic E-state index is -0.941. The van der Waals surface area contributed by atoms with Gasteiger partial charge in [0.05, 0.1) is 11.2 Å². The van der Waals surface area contributed by atoms with E-state index in [4.69, 9.17) is 10.8 Å². The van der Waals surface area contributed by atoms with E-state index in [1.165, 1.54) is 0 Å². The maximum absolute atomic E-state index is 10.6. The molecule has 102 valence electrons. The molecular weight excluding hydrogens is 262 g/mol. The molecule has 3 N–H and O–H groups in total. The third kappa shape index (κ3) is 3.27. The first-order valence-corrected chi connectivity index (χ1v) is 7.22. The number of carboxylic acid groups (broad SMARTS) is 1. The predicted octanol–water partition coefficient (Wildman–Crippen LogP) is 1.61. The molecule has 0 bridgehead atoms. The van der Waals surface area contributed by atoms with E-state index in [9.17, 15) is 4.79 Å². The van der Waals surface area contributed by atoms with E-state index in [1.807, 2.05) is 29.9 Å². The summed E-state index contributed by atoms with van der Waals surface area (Å²) < 4.78 is 1.87. The number of rotatable bonds is 6. The molecule has 1 heterocycles. The molecule has 0 saturated carbocycles. The van der Waals surface area contributed by atoms with Crippen LogP contribution in [0.15, 0.2) is 24.3 Å². The summed E-state index contributed by atoms with van der Waals surface area (Å²) >= 11 is 1.66. The van der Waals surface area contributed by atoms with Gasteiger partial charge in [-0.25, -0.2) is 0 Å². The number of aryl methyl sites for hydroxylation is 1. The van der Waals surface area contributed by atoms with E-state index < -0.39 is 12.0 Å². The van der Waals surface area contributed by atoms with Crippen molar-refractivity contribution in [3.05, 3.63) is 30.0 Å². The molecule has 0 amide bonds. The van der Waals surface area contributed by atoms with Gasteiger partial charge in [-0.15, -0.1) is 0 Å². The molecule has 1 aromatic carbocycles. The summed E-state index contributed by atoms with van der Waals surface area (Å²) in [7, 11) is 1.93. The Balaban J connectivity index is 1.93. The lowest BCUT2D eigenvalue weighted by molar-refractivity contribution is -0.138. The van der Waals surface area contributed by atoms with Crippen LogP contribution in [0.1, 0.15) is 12.1 Å². The standard InChI is InChI=1S/C13H17N3O2S/c1-16-12-5-3-2-4-9(12)11(15-16)8-19-7-6-10(14)13(17)18/h2-5,10H,6-8,14H2,1H3,(H,17,18). The molecule has 0 radical (unpaired) electrons. The fourth-order valence-electron chi connectivity index (χ4n) is 1.90. The molecule has 5 nitrogen and oxygen atoms in total. The van der Waals surface area contributed by atoms with E-state index in [0.717, 1.165) is 28.1 Å². The van der Waals surface area contributed by atoms with Crippen LogP contribution in [0.25, 0.3) is 10.9 Å². The van der Waals surface area contributed by atoms with Crippen LogP contribution in [0, 0.1) is 0 Å². The lowest BCUT2D eigenvalue weighted by atomic mass is 10.2. The molecule has 0 aliphatic rings. The van der Waals surface area contributed by atoms with Crippen molar-refractivity contribution in [2.75, 3.05) is 5.75 Å². The molecule has 2 aromatic rings. The Morgan fingerprint density at radius 2 is 2.26 bits per heavy atom. The van der Waals surface area contributed by atoms with Gasteiger partial charge in [0.1, 0.15) is 6.04 Å². The highest BCUT2D eigenvalue weighted by molar-refractivity contribution is 7.98. The van der Waals surface area contributed by atoms with Gasteiger partial charge in [-0.3, -0.25) is 9.48 Å². The second kappa shape index (κ2) is 6.08. The lowest BCUT2D eigenvalue weighted by Gasteiger charge is -2.04. The Morgan fingerprint density at radius 1 is 1.53 bits per heavy atom. The Morgan fingerprint density at radius 3 is 3.00 bits per heavy atom. The molecule has 0 saturated heterocycles. The molecule has 0 aliphatic heterocycles. The molecule has 0 fully saturated rings. The summed E-state index contributed by atoms with van der Waals surface area (Å²) in [4.78, 5) is 10.6. The zero-order valence-corrected chi connectivity index (χ0v) is 11.6. The fourth-order valence-corrected chi connectivity index (χ4v) is 2.87. The number of nitrogens with zero attached hydrogens (tertiary/aromatic N) is 2. The summed E-state index contributed by atoms with van der Waals surface area (Å²) in [5.74, 6) is 0.551. The van der Waals surface area contributed by atoms with Crippen LogP contribution < -0.4 is 5.73 Å². The van der Waals surface area contributed by atoms with Crippen LogP contribution in [0.3, 0.4) is 0 Å². The number of para-hydroxylation sites is 1. The first-order valence-electron chi connectivity index (χ1n) is 6.06. The van der Waals surface area contributed by atoms with Gasteiger partial charge < -0.3 is 10.8 Å². The number of benzene rings is 1. The smallest absolute Gasteiger partial charge is 0.320 e. The quantitative estimate of drug-likeness (QED) is 0.785. The Kier molecular flexibility index (Phi) is 4.44. The van der Waals surface area contributed by atoms with Crippen LogP contribution in [-0.4, -0.2) is 32.7 Å². The largest absolute Gasteiger partial charge is 0.480 e. The zero-order chi connectivity index (χ0) is 13.8. The maximum Gasteiger partial charge on any atom is 0.320 e. The van der Waals surface area contributed by atoms with Gasteiger partial charge in [-0.05, 0) is 18.2 Å². The van der Waals surface area contributed by atoms with Gasteiger partial charge in [0.2, 0.25) is 0 Å². The third-order valence-electron chi connectivity index (χ3n) is 2.96. The Hall–Kier alpha value is -1.53. The molecule has 0 spiro atoms. The molecule has 2 rings (SSSR count). The van der Waals surface area contributed by atoms with Crippen molar-refractivity contribution < 1.29 is 9.90 Å². The topological polar surface area (TPSA) is 81.1 Å². The van der Waals surface area contributed by atoms with E-state index >= 15 is 0 Å². The van der Waals surface area contributed by atoms with Gasteiger partial charge in [0, 0.05) is 18.2 Å². The van der Waals surface area contributed by atoms with Crippen molar-refractivity contribution in [1.82, 2.24) is 9.78 Å². The lowest BCUT2D eigenvalue weighted by Crippen LogP contribution is -2.30. The summed E-state index contributed by atoms with van der Waals surface area (Å²) in [5, 5.41) is 14.3. The van der Waals surface area contributed by atoms with E-state index in [1.54, 1.807) is 11.8 Å². The van der Waals surface area contributed by atoms with Gasteiger partial charge in [-0.2, -0.15) is 16.9 Å². The van der Waals surface area contributed by atoms with Crippen LogP contribution in [0.5, 0.6) is 0 Å². The minimum Gasteiger partial charge on any atom is -0.480 e. The average Bonchev–Trinajstić information content (AvgIpc) is 2.72. The molecule has 0 aliphatic carbocycles. The van der Waals surface area contributed by atoms with Crippen molar-refractivity contribution >= 4 is 28.6 Å². The van der Waals surface area contributed by atoms with E-state index in [2.05, 4.69) is 11.2 Å². The highest BCUT2D eigenvalue weighted by Crippen LogP contribution is 2.22. The first kappa shape index (κ1) is 13.9. The van der Waals surface area contributed by atoms with E-state index in [0.29, 0.717) is 6.42 Å². The summed E-state index contributed by atoms with van der Waals surface area (Å²) in [6.45, 7) is 0. The summed E-state index contributed by atoms with van der Waals surface area (Å²) in [6.07, 6.45) is 0.477.